The molecule has 0 spiro atoms. The van der Waals surface area contributed by atoms with E-state index in [9.17, 15) is 31.1 Å². The Labute approximate surface area is 193 Å². The number of halogens is 6. The number of benzene rings is 1. The zero-order chi connectivity index (χ0) is 25.2. The van der Waals surface area contributed by atoms with Gasteiger partial charge in [-0.25, -0.2) is 4.79 Å². The number of alkyl halides is 6. The van der Waals surface area contributed by atoms with Crippen molar-refractivity contribution in [2.24, 2.45) is 5.92 Å². The molecule has 1 aromatic carbocycles. The molecule has 1 saturated heterocycles. The highest BCUT2D eigenvalue weighted by Crippen LogP contribution is 2.58. The monoisotopic (exact) mass is 501 g/mol. The smallest absolute Gasteiger partial charge is 0.418 e. The number of likely N-dealkylation sites (tertiary alicyclic amines) is 1. The molecule has 186 valence electrons. The molecular formula is C20H17F6N7O2. The summed E-state index contributed by atoms with van der Waals surface area (Å²) in [6.45, 7) is 1.48. The Morgan fingerprint density at radius 1 is 1.11 bits per heavy atom. The topological polar surface area (TPSA) is 102 Å². The van der Waals surface area contributed by atoms with Gasteiger partial charge in [0.15, 0.2) is 0 Å². The Morgan fingerprint density at radius 2 is 1.83 bits per heavy atom. The first kappa shape index (κ1) is 23.1. The van der Waals surface area contributed by atoms with E-state index in [1.807, 2.05) is 0 Å². The SMILES string of the molecule is Cc1nnc([C@]23C[C@H](C[C@H](C(F)(F)F)C2)N3C(=O)Nc2ccc(C(F)(F)F)c(-n3nccn3)c2)o1. The van der Waals surface area contributed by atoms with Gasteiger partial charge < -0.3 is 14.6 Å². The van der Waals surface area contributed by atoms with Gasteiger partial charge in [-0.05, 0) is 31.0 Å². The standard InChI is InChI=1S/C20H17F6N7O2/c1-10-30-31-16(35-10)18-8-11(19(21,22)23)6-13(9-18)32(18)17(34)29-12-2-3-14(20(24,25)26)15(7-12)33-27-4-5-28-33/h2-5,7,11,13H,6,8-9H2,1H3,(H,29,34)/t11-,13-,18+/m0/s1. The zero-order valence-electron chi connectivity index (χ0n) is 17.9. The molecule has 2 fully saturated rings. The lowest BCUT2D eigenvalue weighted by Crippen LogP contribution is -2.71. The minimum absolute atomic E-state index is 0.0236. The number of hydrogen-bond donors (Lipinski definition) is 1. The van der Waals surface area contributed by atoms with Crippen LogP contribution in [0, 0.1) is 12.8 Å². The molecule has 1 aliphatic carbocycles. The van der Waals surface area contributed by atoms with Gasteiger partial charge in [0.05, 0.1) is 29.6 Å². The van der Waals surface area contributed by atoms with Crippen LogP contribution in [0.4, 0.5) is 36.8 Å². The summed E-state index contributed by atoms with van der Waals surface area (Å²) in [6.07, 6.45) is -7.37. The van der Waals surface area contributed by atoms with Crippen molar-refractivity contribution in [1.29, 1.82) is 0 Å². The molecule has 3 aromatic rings. The number of anilines is 1. The fraction of sp³-hybridized carbons (Fsp3) is 0.450. The lowest BCUT2D eigenvalue weighted by molar-refractivity contribution is -0.229. The molecule has 0 unspecified atom stereocenters. The van der Waals surface area contributed by atoms with E-state index in [-0.39, 0.29) is 30.3 Å². The summed E-state index contributed by atoms with van der Waals surface area (Å²) in [6, 6.07) is 1.30. The first-order valence-electron chi connectivity index (χ1n) is 10.4. The highest BCUT2D eigenvalue weighted by molar-refractivity contribution is 5.91. The summed E-state index contributed by atoms with van der Waals surface area (Å²) in [5, 5.41) is 17.5. The van der Waals surface area contributed by atoms with E-state index in [0.29, 0.717) is 0 Å². The Bertz CT molecular complexity index is 1260. The zero-order valence-corrected chi connectivity index (χ0v) is 17.9. The summed E-state index contributed by atoms with van der Waals surface area (Å²) in [5.74, 6) is -1.64. The summed E-state index contributed by atoms with van der Waals surface area (Å²) in [4.78, 5) is 15.2. The van der Waals surface area contributed by atoms with Crippen LogP contribution < -0.4 is 5.32 Å². The predicted octanol–water partition coefficient (Wildman–Crippen LogP) is 4.45. The first-order valence-corrected chi connectivity index (χ1v) is 10.4. The molecular weight excluding hydrogens is 484 g/mol. The third-order valence-electron chi connectivity index (χ3n) is 6.33. The van der Waals surface area contributed by atoms with Gasteiger partial charge in [-0.2, -0.15) is 41.3 Å². The van der Waals surface area contributed by atoms with E-state index < -0.39 is 53.6 Å². The maximum atomic E-state index is 13.5. The molecule has 2 amide bonds. The van der Waals surface area contributed by atoms with E-state index in [4.69, 9.17) is 4.42 Å². The number of urea groups is 1. The van der Waals surface area contributed by atoms with Gasteiger partial charge in [0.1, 0.15) is 5.54 Å². The second kappa shape index (κ2) is 7.68. The van der Waals surface area contributed by atoms with E-state index in [1.54, 1.807) is 0 Å². The van der Waals surface area contributed by atoms with Crippen molar-refractivity contribution < 1.29 is 35.6 Å². The maximum absolute atomic E-state index is 13.5. The highest BCUT2D eigenvalue weighted by Gasteiger charge is 2.66. The quantitative estimate of drug-likeness (QED) is 0.532. The van der Waals surface area contributed by atoms with Gasteiger partial charge in [0.25, 0.3) is 0 Å². The minimum atomic E-state index is -4.72. The van der Waals surface area contributed by atoms with Crippen LogP contribution in [0.25, 0.3) is 5.69 Å². The number of fused-ring (bicyclic) bond motifs is 2. The van der Waals surface area contributed by atoms with Crippen LogP contribution in [0.1, 0.15) is 36.6 Å². The first-order chi connectivity index (χ1) is 16.4. The molecule has 9 nitrogen and oxygen atoms in total. The van der Waals surface area contributed by atoms with Crippen LogP contribution in [0.2, 0.25) is 0 Å². The lowest BCUT2D eigenvalue weighted by atomic mass is 9.63. The van der Waals surface area contributed by atoms with Crippen LogP contribution >= 0.6 is 0 Å². The number of nitrogens with one attached hydrogen (secondary N) is 1. The average molecular weight is 501 g/mol. The van der Waals surface area contributed by atoms with Gasteiger partial charge in [-0.15, -0.1) is 10.2 Å². The number of piperidine rings is 1. The largest absolute Gasteiger partial charge is 0.423 e. The molecule has 3 atom stereocenters. The fourth-order valence-electron chi connectivity index (χ4n) is 4.92. The number of carbonyl (C=O) groups excluding carboxylic acids is 1. The van der Waals surface area contributed by atoms with Crippen molar-refractivity contribution >= 4 is 11.7 Å². The van der Waals surface area contributed by atoms with Crippen LogP contribution in [-0.4, -0.2) is 48.3 Å². The summed E-state index contributed by atoms with van der Waals surface area (Å²) < 4.78 is 86.4. The summed E-state index contributed by atoms with van der Waals surface area (Å²) in [7, 11) is 0. The number of amides is 2. The van der Waals surface area contributed by atoms with E-state index in [0.717, 1.165) is 23.0 Å². The Balaban J connectivity index is 1.46. The number of nitrogens with zero attached hydrogens (tertiary/aromatic N) is 6. The van der Waals surface area contributed by atoms with Gasteiger partial charge in [-0.1, -0.05) is 0 Å². The molecule has 15 heteroatoms. The van der Waals surface area contributed by atoms with Gasteiger partial charge >= 0.3 is 18.4 Å². The van der Waals surface area contributed by atoms with Crippen molar-refractivity contribution in [2.45, 2.75) is 50.1 Å². The lowest BCUT2D eigenvalue weighted by Gasteiger charge is -2.61. The number of rotatable bonds is 3. The summed E-state index contributed by atoms with van der Waals surface area (Å²) >= 11 is 0. The number of aryl methyl sites for hydroxylation is 1. The van der Waals surface area contributed by atoms with Crippen molar-refractivity contribution in [1.82, 2.24) is 30.1 Å². The highest BCUT2D eigenvalue weighted by atomic mass is 19.4. The van der Waals surface area contributed by atoms with Crippen LogP contribution in [0.5, 0.6) is 0 Å². The molecule has 1 saturated carbocycles. The van der Waals surface area contributed by atoms with Crippen molar-refractivity contribution in [3.8, 4) is 5.69 Å². The van der Waals surface area contributed by atoms with Gasteiger partial charge in [-0.3, -0.25) is 0 Å². The molecule has 2 aromatic heterocycles. The van der Waals surface area contributed by atoms with E-state index in [1.165, 1.54) is 24.2 Å². The number of aromatic nitrogens is 5. The van der Waals surface area contributed by atoms with Crippen molar-refractivity contribution in [3.05, 3.63) is 47.9 Å². The summed E-state index contributed by atoms with van der Waals surface area (Å²) in [5.41, 5.74) is -2.95. The van der Waals surface area contributed by atoms with Crippen LogP contribution in [0.15, 0.2) is 35.0 Å². The normalized spacial score (nSPS) is 24.3. The second-order valence-electron chi connectivity index (χ2n) is 8.54. The fourth-order valence-corrected chi connectivity index (χ4v) is 4.92. The maximum Gasteiger partial charge on any atom is 0.418 e. The van der Waals surface area contributed by atoms with Crippen molar-refractivity contribution in [2.75, 3.05) is 5.32 Å². The molecule has 0 radical (unpaired) electrons. The van der Waals surface area contributed by atoms with E-state index in [2.05, 4.69) is 25.7 Å². The van der Waals surface area contributed by atoms with E-state index >= 15 is 0 Å². The molecule has 35 heavy (non-hydrogen) atoms. The Kier molecular flexibility index (Phi) is 5.07. The third-order valence-corrected chi connectivity index (χ3v) is 6.33. The second-order valence-corrected chi connectivity index (χ2v) is 8.54. The molecule has 2 bridgehead atoms. The third kappa shape index (κ3) is 3.87. The number of hydrogen-bond acceptors (Lipinski definition) is 6. The molecule has 3 heterocycles. The average Bonchev–Trinajstić information content (AvgIpc) is 3.44. The molecule has 1 N–H and O–H groups in total. The van der Waals surface area contributed by atoms with Crippen molar-refractivity contribution in [3.63, 3.8) is 0 Å². The number of carbonyl (C=O) groups is 1. The van der Waals surface area contributed by atoms with Crippen LogP contribution in [0.3, 0.4) is 0 Å². The Morgan fingerprint density at radius 3 is 2.43 bits per heavy atom. The molecule has 2 aliphatic rings. The van der Waals surface area contributed by atoms with Crippen LogP contribution in [-0.2, 0) is 11.7 Å². The minimum Gasteiger partial charge on any atom is -0.423 e. The van der Waals surface area contributed by atoms with Gasteiger partial charge in [0, 0.05) is 25.1 Å². The molecule has 1 aliphatic heterocycles. The predicted molar refractivity (Wildman–Crippen MR) is 105 cm³/mol. The Hall–Kier alpha value is -3.65. The van der Waals surface area contributed by atoms with Gasteiger partial charge in [0.2, 0.25) is 11.8 Å². The molecule has 5 rings (SSSR count).